The summed E-state index contributed by atoms with van der Waals surface area (Å²) >= 11 is 1.64. The van der Waals surface area contributed by atoms with Gasteiger partial charge in [-0.2, -0.15) is 0 Å². The van der Waals surface area contributed by atoms with Crippen LogP contribution in [0.25, 0.3) is 11.5 Å². The molecule has 0 radical (unpaired) electrons. The molecule has 0 fully saturated rings. The Labute approximate surface area is 137 Å². The van der Waals surface area contributed by atoms with E-state index < -0.39 is 0 Å². The van der Waals surface area contributed by atoms with Gasteiger partial charge in [-0.05, 0) is 26.7 Å². The lowest BCUT2D eigenvalue weighted by atomic mass is 10.2. The highest BCUT2D eigenvalue weighted by Crippen LogP contribution is 2.22. The van der Waals surface area contributed by atoms with Crippen LogP contribution < -0.4 is 4.90 Å². The highest BCUT2D eigenvalue weighted by molar-refractivity contribution is 7.09. The Morgan fingerprint density at radius 2 is 1.68 bits per heavy atom. The molecule has 0 spiro atoms. The van der Waals surface area contributed by atoms with Gasteiger partial charge in [-0.3, -0.25) is 0 Å². The zero-order chi connectivity index (χ0) is 15.9. The molecule has 2 rings (SSSR count). The summed E-state index contributed by atoms with van der Waals surface area (Å²) in [6.45, 7) is 10.6. The molecular formula is C17H26N4S. The Morgan fingerprint density at radius 1 is 1.00 bits per heavy atom. The van der Waals surface area contributed by atoms with Gasteiger partial charge < -0.3 is 4.90 Å². The maximum atomic E-state index is 4.78. The Hall–Kier alpha value is -1.49. The second kappa shape index (κ2) is 8.22. The Bertz CT molecular complexity index is 586. The van der Waals surface area contributed by atoms with Gasteiger partial charge in [0.15, 0.2) is 5.82 Å². The molecular weight excluding hydrogens is 292 g/mol. The summed E-state index contributed by atoms with van der Waals surface area (Å²) in [6, 6.07) is 2.09. The van der Waals surface area contributed by atoms with Crippen molar-refractivity contribution in [1.82, 2.24) is 15.0 Å². The van der Waals surface area contributed by atoms with Gasteiger partial charge in [0.1, 0.15) is 11.5 Å². The highest BCUT2D eigenvalue weighted by Gasteiger charge is 2.12. The fourth-order valence-corrected chi connectivity index (χ4v) is 2.92. The van der Waals surface area contributed by atoms with Crippen molar-refractivity contribution in [2.24, 2.45) is 0 Å². The second-order valence-electron chi connectivity index (χ2n) is 5.64. The molecule has 2 aromatic heterocycles. The number of hydrogen-bond donors (Lipinski definition) is 0. The van der Waals surface area contributed by atoms with Crippen LogP contribution in [-0.2, 0) is 0 Å². The molecule has 2 aromatic rings. The summed E-state index contributed by atoms with van der Waals surface area (Å²) in [7, 11) is 0. The van der Waals surface area contributed by atoms with Crippen LogP contribution in [0.4, 0.5) is 5.82 Å². The molecule has 0 saturated heterocycles. The first kappa shape index (κ1) is 16.9. The number of thiazole rings is 1. The summed E-state index contributed by atoms with van der Waals surface area (Å²) in [5.41, 5.74) is 1.89. The average molecular weight is 318 g/mol. The third-order valence-electron chi connectivity index (χ3n) is 3.58. The summed E-state index contributed by atoms with van der Waals surface area (Å²) in [4.78, 5) is 16.3. The summed E-state index contributed by atoms with van der Waals surface area (Å²) in [5.74, 6) is 1.78. The second-order valence-corrected chi connectivity index (χ2v) is 6.70. The van der Waals surface area contributed by atoms with Gasteiger partial charge in [0.2, 0.25) is 0 Å². The first-order valence-corrected chi connectivity index (χ1v) is 9.05. The first-order chi connectivity index (χ1) is 10.6. The molecule has 0 amide bonds. The molecule has 0 aliphatic carbocycles. The van der Waals surface area contributed by atoms with Gasteiger partial charge in [0.25, 0.3) is 0 Å². The lowest BCUT2D eigenvalue weighted by Crippen LogP contribution is -2.27. The van der Waals surface area contributed by atoms with Gasteiger partial charge in [0.05, 0.1) is 5.01 Å². The van der Waals surface area contributed by atoms with Crippen molar-refractivity contribution in [3.63, 3.8) is 0 Å². The van der Waals surface area contributed by atoms with Crippen molar-refractivity contribution in [3.8, 4) is 11.5 Å². The fourth-order valence-electron chi connectivity index (χ4n) is 2.33. The SMILES string of the molecule is CCCCN(CCCC)c1cc(C)nc(-c2csc(C)n2)n1. The predicted molar refractivity (Wildman–Crippen MR) is 94.6 cm³/mol. The minimum Gasteiger partial charge on any atom is -0.356 e. The van der Waals surface area contributed by atoms with Crippen molar-refractivity contribution < 1.29 is 0 Å². The molecule has 0 atom stereocenters. The zero-order valence-corrected chi connectivity index (χ0v) is 14.9. The van der Waals surface area contributed by atoms with Crippen LogP contribution in [0, 0.1) is 13.8 Å². The summed E-state index contributed by atoms with van der Waals surface area (Å²) < 4.78 is 0. The number of aryl methyl sites for hydroxylation is 2. The van der Waals surface area contributed by atoms with Gasteiger partial charge in [-0.1, -0.05) is 26.7 Å². The molecule has 4 nitrogen and oxygen atoms in total. The summed E-state index contributed by atoms with van der Waals surface area (Å²) in [5, 5.41) is 3.09. The molecule has 0 saturated carbocycles. The predicted octanol–water partition coefficient (Wildman–Crippen LogP) is 4.62. The topological polar surface area (TPSA) is 41.9 Å². The van der Waals surface area contributed by atoms with E-state index in [-0.39, 0.29) is 0 Å². The van der Waals surface area contributed by atoms with E-state index in [1.54, 1.807) is 11.3 Å². The lowest BCUT2D eigenvalue weighted by Gasteiger charge is -2.24. The van der Waals surface area contributed by atoms with Crippen LogP contribution in [0.15, 0.2) is 11.4 Å². The van der Waals surface area contributed by atoms with Crippen LogP contribution in [0.3, 0.4) is 0 Å². The van der Waals surface area contributed by atoms with Gasteiger partial charge in [0, 0.05) is 30.2 Å². The Morgan fingerprint density at radius 3 is 2.23 bits per heavy atom. The molecule has 0 bridgehead atoms. The molecule has 0 aromatic carbocycles. The van der Waals surface area contributed by atoms with E-state index in [0.717, 1.165) is 41.1 Å². The van der Waals surface area contributed by atoms with Crippen molar-refractivity contribution in [2.45, 2.75) is 53.4 Å². The van der Waals surface area contributed by atoms with E-state index in [4.69, 9.17) is 4.98 Å². The Balaban J connectivity index is 2.29. The van der Waals surface area contributed by atoms with Gasteiger partial charge >= 0.3 is 0 Å². The molecule has 2 heterocycles. The number of anilines is 1. The van der Waals surface area contributed by atoms with Crippen molar-refractivity contribution in [2.75, 3.05) is 18.0 Å². The number of aromatic nitrogens is 3. The van der Waals surface area contributed by atoms with Crippen LogP contribution in [0.1, 0.15) is 50.2 Å². The van der Waals surface area contributed by atoms with Crippen LogP contribution in [-0.4, -0.2) is 28.0 Å². The smallest absolute Gasteiger partial charge is 0.181 e. The van der Waals surface area contributed by atoms with E-state index >= 15 is 0 Å². The molecule has 0 N–H and O–H groups in total. The van der Waals surface area contributed by atoms with E-state index in [0.29, 0.717) is 0 Å². The number of hydrogen-bond acceptors (Lipinski definition) is 5. The highest BCUT2D eigenvalue weighted by atomic mass is 32.1. The first-order valence-electron chi connectivity index (χ1n) is 8.17. The minimum absolute atomic E-state index is 0.748. The number of rotatable bonds is 8. The number of nitrogens with zero attached hydrogens (tertiary/aromatic N) is 4. The molecule has 0 aliphatic heterocycles. The minimum atomic E-state index is 0.748. The standard InChI is InChI=1S/C17H26N4S/c1-5-7-9-21(10-8-6-2)16-11-13(3)18-17(20-16)15-12-22-14(4)19-15/h11-12H,5-10H2,1-4H3. The quantitative estimate of drug-likeness (QED) is 0.712. The fraction of sp³-hybridized carbons (Fsp3) is 0.588. The van der Waals surface area contributed by atoms with Gasteiger partial charge in [-0.25, -0.2) is 15.0 Å². The zero-order valence-electron chi connectivity index (χ0n) is 14.1. The average Bonchev–Trinajstić information content (AvgIpc) is 2.93. The lowest BCUT2D eigenvalue weighted by molar-refractivity contribution is 0.670. The third-order valence-corrected chi connectivity index (χ3v) is 4.35. The monoisotopic (exact) mass is 318 g/mol. The molecule has 22 heavy (non-hydrogen) atoms. The van der Waals surface area contributed by atoms with Crippen LogP contribution >= 0.6 is 11.3 Å². The molecule has 0 aliphatic rings. The third kappa shape index (κ3) is 4.50. The van der Waals surface area contributed by atoms with E-state index in [1.165, 1.54) is 25.7 Å². The molecule has 0 unspecified atom stereocenters. The van der Waals surface area contributed by atoms with Gasteiger partial charge in [-0.15, -0.1) is 11.3 Å². The largest absolute Gasteiger partial charge is 0.356 e. The van der Waals surface area contributed by atoms with E-state index in [9.17, 15) is 0 Å². The van der Waals surface area contributed by atoms with Crippen molar-refractivity contribution in [1.29, 1.82) is 0 Å². The van der Waals surface area contributed by atoms with Crippen LogP contribution in [0.2, 0.25) is 0 Å². The maximum Gasteiger partial charge on any atom is 0.181 e. The van der Waals surface area contributed by atoms with Crippen LogP contribution in [0.5, 0.6) is 0 Å². The van der Waals surface area contributed by atoms with Crippen molar-refractivity contribution >= 4 is 17.2 Å². The summed E-state index contributed by atoms with van der Waals surface area (Å²) in [6.07, 6.45) is 4.78. The van der Waals surface area contributed by atoms with Crippen molar-refractivity contribution in [3.05, 3.63) is 22.1 Å². The Kier molecular flexibility index (Phi) is 6.31. The molecule has 120 valence electrons. The number of unbranched alkanes of at least 4 members (excludes halogenated alkanes) is 2. The maximum absolute atomic E-state index is 4.78. The molecule has 5 heteroatoms. The van der Waals surface area contributed by atoms with E-state index in [1.807, 2.05) is 19.2 Å². The van der Waals surface area contributed by atoms with E-state index in [2.05, 4.69) is 34.8 Å². The normalized spacial score (nSPS) is 10.9.